The van der Waals surface area contributed by atoms with Crippen LogP contribution in [-0.4, -0.2) is 97.2 Å². The van der Waals surface area contributed by atoms with Crippen LogP contribution in [0.4, 0.5) is 14.6 Å². The highest BCUT2D eigenvalue weighted by Gasteiger charge is 2.67. The molecule has 6 rings (SSSR count). The molecule has 4 heterocycles. The molecular weight excluding hydrogens is 686 g/mol. The zero-order chi connectivity index (χ0) is 34.3. The molecule has 14 heteroatoms. The van der Waals surface area contributed by atoms with Gasteiger partial charge in [-0.3, -0.25) is 24.0 Å². The summed E-state index contributed by atoms with van der Waals surface area (Å²) in [6, 6.07) is 6.27. The molecule has 48 heavy (non-hydrogen) atoms. The Balaban J connectivity index is 1.33. The Kier molecular flexibility index (Phi) is 9.40. The number of carbonyl (C=O) groups is 3. The number of Topliss-reactive ketones (excluding diaryl/α,β-unsaturated/α-hetero) is 1. The van der Waals surface area contributed by atoms with Gasteiger partial charge in [0.1, 0.15) is 47.9 Å². The first kappa shape index (κ1) is 33.7. The first-order valence-corrected chi connectivity index (χ1v) is 16.6. The van der Waals surface area contributed by atoms with Crippen LogP contribution in [0.2, 0.25) is 0 Å². The molecule has 2 aliphatic rings. The van der Waals surface area contributed by atoms with Crippen LogP contribution in [0.1, 0.15) is 47.2 Å². The molecule has 3 atom stereocenters. The van der Waals surface area contributed by atoms with E-state index in [9.17, 15) is 23.2 Å². The Morgan fingerprint density at radius 2 is 1.73 bits per heavy atom. The van der Waals surface area contributed by atoms with E-state index in [2.05, 4.69) is 41.3 Å². The number of aryl methyl sites for hydroxylation is 3. The summed E-state index contributed by atoms with van der Waals surface area (Å²) in [6.07, 6.45) is 4.40. The minimum atomic E-state index is -0.836. The summed E-state index contributed by atoms with van der Waals surface area (Å²) >= 11 is 3.35. The molecule has 0 unspecified atom stereocenters. The van der Waals surface area contributed by atoms with Crippen molar-refractivity contribution >= 4 is 50.2 Å². The number of aromatic nitrogens is 5. The Bertz CT molecular complexity index is 1900. The lowest BCUT2D eigenvalue weighted by Crippen LogP contribution is -2.47. The number of nitrogens with zero attached hydrogens (tertiary/aromatic N) is 7. The number of piperidine rings is 1. The maximum absolute atomic E-state index is 14.3. The predicted octanol–water partition coefficient (Wildman–Crippen LogP) is 5.02. The number of fused-ring (bicyclic) bond motifs is 2. The maximum atomic E-state index is 14.3. The number of nitrogens with one attached hydrogen (secondary N) is 1. The van der Waals surface area contributed by atoms with Gasteiger partial charge < -0.3 is 10.2 Å². The van der Waals surface area contributed by atoms with Gasteiger partial charge >= 0.3 is 0 Å². The van der Waals surface area contributed by atoms with Crippen molar-refractivity contribution < 1.29 is 23.2 Å². The lowest BCUT2D eigenvalue weighted by molar-refractivity contribution is -0.138. The van der Waals surface area contributed by atoms with E-state index in [0.717, 1.165) is 22.3 Å². The molecule has 2 amide bonds. The van der Waals surface area contributed by atoms with Gasteiger partial charge in [-0.2, -0.15) is 5.10 Å². The molecule has 1 aliphatic heterocycles. The second kappa shape index (κ2) is 13.4. The van der Waals surface area contributed by atoms with E-state index in [1.54, 1.807) is 35.2 Å². The van der Waals surface area contributed by atoms with E-state index >= 15 is 0 Å². The minimum Gasteiger partial charge on any atom is -0.325 e. The van der Waals surface area contributed by atoms with Gasteiger partial charge in [-0.15, -0.1) is 0 Å². The molecule has 0 radical (unpaired) electrons. The predicted molar refractivity (Wildman–Crippen MR) is 180 cm³/mol. The molecule has 1 N–H and O–H groups in total. The van der Waals surface area contributed by atoms with Gasteiger partial charge in [-0.05, 0) is 84.4 Å². The summed E-state index contributed by atoms with van der Waals surface area (Å²) in [7, 11) is 0. The molecule has 4 aromatic rings. The third kappa shape index (κ3) is 6.47. The number of anilines is 1. The molecule has 1 aromatic carbocycles. The Morgan fingerprint density at radius 3 is 2.40 bits per heavy atom. The smallest absolute Gasteiger partial charge is 0.248 e. The number of halogens is 3. The number of ketones is 1. The molecule has 1 saturated carbocycles. The average Bonchev–Trinajstić information content (AvgIpc) is 3.43. The Hall–Kier alpha value is -4.17. The Morgan fingerprint density at radius 1 is 1.02 bits per heavy atom. The summed E-state index contributed by atoms with van der Waals surface area (Å²) in [5, 5.41) is 8.11. The van der Waals surface area contributed by atoms with Gasteiger partial charge in [0.05, 0.1) is 5.52 Å². The van der Waals surface area contributed by atoms with E-state index in [1.165, 1.54) is 11.6 Å². The van der Waals surface area contributed by atoms with E-state index in [-0.39, 0.29) is 49.0 Å². The minimum absolute atomic E-state index is 0.0768. The largest absolute Gasteiger partial charge is 0.325 e. The molecule has 1 saturated heterocycles. The Labute approximate surface area is 285 Å². The molecule has 1 aliphatic carbocycles. The number of carbonyl (C=O) groups excluding carboxylic acids is 3. The maximum Gasteiger partial charge on any atom is 0.248 e. The highest BCUT2D eigenvalue weighted by atomic mass is 79.9. The highest BCUT2D eigenvalue weighted by molar-refractivity contribution is 9.10. The van der Waals surface area contributed by atoms with Gasteiger partial charge in [0.15, 0.2) is 5.78 Å². The molecule has 0 spiro atoms. The number of pyridine rings is 1. The molecule has 2 fully saturated rings. The standard InChI is InChI=1S/C34H37BrF2N8O3/c1-19-5-6-28(35)40-32(19)41-33(48)26-13-34(18-43(9-7-36)10-8-37)14-27(34)45(26)29(47)17-44-31-20(2)11-23(24-15-38-22(4)39-16-24)12-25(31)30(42-44)21(3)46/h5-6,11-12,15-16,26-27H,7-10,13-14,17-18H2,1-4H3,(H,40,41,48)/t26-,27+,34-/m0/s1. The molecular formula is C34H37BrF2N8O3. The lowest BCUT2D eigenvalue weighted by atomic mass is 9.98. The fourth-order valence-corrected chi connectivity index (χ4v) is 7.36. The fourth-order valence-electron chi connectivity index (χ4n) is 7.05. The topological polar surface area (TPSA) is 126 Å². The third-order valence-electron chi connectivity index (χ3n) is 9.42. The summed E-state index contributed by atoms with van der Waals surface area (Å²) in [4.78, 5) is 57.3. The van der Waals surface area contributed by atoms with Crippen LogP contribution in [0.3, 0.4) is 0 Å². The molecule has 252 valence electrons. The van der Waals surface area contributed by atoms with Crippen molar-refractivity contribution in [3.63, 3.8) is 0 Å². The van der Waals surface area contributed by atoms with E-state index in [4.69, 9.17) is 0 Å². The van der Waals surface area contributed by atoms with Crippen molar-refractivity contribution in [2.75, 3.05) is 38.3 Å². The first-order valence-electron chi connectivity index (χ1n) is 15.8. The zero-order valence-corrected chi connectivity index (χ0v) is 28.9. The van der Waals surface area contributed by atoms with E-state index in [0.29, 0.717) is 46.5 Å². The lowest BCUT2D eigenvalue weighted by Gasteiger charge is -2.27. The third-order valence-corrected chi connectivity index (χ3v) is 9.86. The van der Waals surface area contributed by atoms with Crippen LogP contribution in [0.25, 0.3) is 22.0 Å². The van der Waals surface area contributed by atoms with Crippen molar-refractivity contribution in [1.82, 2.24) is 34.5 Å². The quantitative estimate of drug-likeness (QED) is 0.160. The van der Waals surface area contributed by atoms with Crippen molar-refractivity contribution in [2.45, 2.75) is 59.2 Å². The van der Waals surface area contributed by atoms with Gasteiger partial charge in [-0.25, -0.2) is 23.7 Å². The zero-order valence-electron chi connectivity index (χ0n) is 27.3. The summed E-state index contributed by atoms with van der Waals surface area (Å²) in [5.41, 5.74) is 3.55. The summed E-state index contributed by atoms with van der Waals surface area (Å²) < 4.78 is 28.8. The van der Waals surface area contributed by atoms with Gasteiger partial charge in [-0.1, -0.05) is 6.07 Å². The van der Waals surface area contributed by atoms with Crippen LogP contribution < -0.4 is 5.32 Å². The fraction of sp³-hybridized carbons (Fsp3) is 0.441. The average molecular weight is 724 g/mol. The first-order chi connectivity index (χ1) is 22.9. The number of hydrogen-bond acceptors (Lipinski definition) is 8. The van der Waals surface area contributed by atoms with Crippen molar-refractivity contribution in [2.24, 2.45) is 5.41 Å². The van der Waals surface area contributed by atoms with Crippen LogP contribution >= 0.6 is 15.9 Å². The monoisotopic (exact) mass is 722 g/mol. The van der Waals surface area contributed by atoms with Gasteiger partial charge in [0.25, 0.3) is 0 Å². The number of alkyl halides is 2. The van der Waals surface area contributed by atoms with Crippen molar-refractivity contribution in [3.05, 3.63) is 63.9 Å². The van der Waals surface area contributed by atoms with Crippen molar-refractivity contribution in [3.8, 4) is 11.1 Å². The van der Waals surface area contributed by atoms with Crippen LogP contribution in [0.5, 0.6) is 0 Å². The second-order valence-corrected chi connectivity index (χ2v) is 13.6. The number of hydrogen-bond donors (Lipinski definition) is 1. The summed E-state index contributed by atoms with van der Waals surface area (Å²) in [5.74, 6) is 0.0436. The van der Waals surface area contributed by atoms with E-state index < -0.39 is 24.8 Å². The van der Waals surface area contributed by atoms with Gasteiger partial charge in [0, 0.05) is 61.4 Å². The second-order valence-electron chi connectivity index (χ2n) is 12.8. The van der Waals surface area contributed by atoms with Gasteiger partial charge in [0.2, 0.25) is 11.8 Å². The highest BCUT2D eigenvalue weighted by Crippen LogP contribution is 2.60. The van der Waals surface area contributed by atoms with E-state index in [1.807, 2.05) is 32.0 Å². The van der Waals surface area contributed by atoms with Crippen LogP contribution in [0.15, 0.2) is 41.3 Å². The van der Waals surface area contributed by atoms with Crippen molar-refractivity contribution in [1.29, 1.82) is 0 Å². The number of amides is 2. The SMILES string of the molecule is CC(=O)c1nn(CC(=O)N2[C@H](C(=O)Nc3nc(Br)ccc3C)C[C@@]3(CN(CCF)CCF)C[C@@H]23)c2c(C)cc(-c3cnc(C)nc3)cc12. The molecule has 3 aromatic heterocycles. The molecule has 11 nitrogen and oxygen atoms in total. The number of likely N-dealkylation sites (tertiary alicyclic amines) is 1. The normalized spacial score (nSPS) is 20.0. The molecule has 0 bridgehead atoms. The number of rotatable bonds is 12. The van der Waals surface area contributed by atoms with Crippen LogP contribution in [-0.2, 0) is 16.1 Å². The number of benzene rings is 1. The summed E-state index contributed by atoms with van der Waals surface area (Å²) in [6.45, 7) is 6.03. The van der Waals surface area contributed by atoms with Crippen LogP contribution in [0, 0.1) is 26.2 Å².